The molecule has 1 aromatic carbocycles. The number of benzene rings is 1. The van der Waals surface area contributed by atoms with Crippen molar-refractivity contribution in [1.29, 1.82) is 0 Å². The van der Waals surface area contributed by atoms with Crippen LogP contribution in [0.15, 0.2) is 24.3 Å². The third-order valence-electron chi connectivity index (χ3n) is 3.48. The Hall–Kier alpha value is -1.68. The van der Waals surface area contributed by atoms with E-state index in [0.29, 0.717) is 30.9 Å². The minimum atomic E-state index is -0.208. The van der Waals surface area contributed by atoms with Crippen molar-refractivity contribution in [3.63, 3.8) is 0 Å². The number of hydrogen-bond donors (Lipinski definition) is 0. The largest absolute Gasteiger partial charge is 0.380 e. The molecule has 2 amide bonds. The third-order valence-corrected chi connectivity index (χ3v) is 3.48. The summed E-state index contributed by atoms with van der Waals surface area (Å²) in [6.07, 6.45) is 4.64. The second-order valence-corrected chi connectivity index (χ2v) is 4.98. The van der Waals surface area contributed by atoms with Crippen molar-refractivity contribution in [3.8, 4) is 0 Å². The fraction of sp³-hybridized carbons (Fsp3) is 0.500. The molecular weight excluding hydrogens is 254 g/mol. The molecule has 1 aromatic rings. The topological polar surface area (TPSA) is 46.6 Å². The van der Waals surface area contributed by atoms with Gasteiger partial charge in [-0.05, 0) is 18.6 Å². The molecule has 1 aliphatic heterocycles. The lowest BCUT2D eigenvalue weighted by molar-refractivity contribution is 0.0560. The van der Waals surface area contributed by atoms with Gasteiger partial charge in [-0.15, -0.1) is 0 Å². The maximum Gasteiger partial charge on any atom is 0.261 e. The first-order chi connectivity index (χ1) is 9.75. The van der Waals surface area contributed by atoms with Crippen molar-refractivity contribution >= 4 is 11.8 Å². The molecular formula is C16H21NO3. The molecule has 0 radical (unpaired) electrons. The zero-order valence-electron chi connectivity index (χ0n) is 11.9. The lowest BCUT2D eigenvalue weighted by atomic mass is 10.1. The zero-order chi connectivity index (χ0) is 14.4. The van der Waals surface area contributed by atoms with E-state index in [0.717, 1.165) is 6.42 Å². The van der Waals surface area contributed by atoms with Crippen LogP contribution in [-0.2, 0) is 4.74 Å². The maximum absolute atomic E-state index is 12.1. The average molecular weight is 275 g/mol. The van der Waals surface area contributed by atoms with E-state index in [2.05, 4.69) is 6.92 Å². The molecule has 0 N–H and O–H groups in total. The summed E-state index contributed by atoms with van der Waals surface area (Å²) in [5.41, 5.74) is 1.00. The molecule has 1 aliphatic rings. The highest BCUT2D eigenvalue weighted by molar-refractivity contribution is 6.21. The number of unbranched alkanes of at least 4 members (excludes halogenated alkanes) is 3. The fourth-order valence-electron chi connectivity index (χ4n) is 2.33. The van der Waals surface area contributed by atoms with E-state index in [1.54, 1.807) is 24.3 Å². The minimum Gasteiger partial charge on any atom is -0.380 e. The quantitative estimate of drug-likeness (QED) is 0.541. The number of amides is 2. The Bertz CT molecular complexity index is 449. The van der Waals surface area contributed by atoms with Gasteiger partial charge in [0.25, 0.3) is 11.8 Å². The van der Waals surface area contributed by atoms with Gasteiger partial charge in [0.2, 0.25) is 0 Å². The van der Waals surface area contributed by atoms with Crippen molar-refractivity contribution in [2.24, 2.45) is 0 Å². The second-order valence-electron chi connectivity index (χ2n) is 4.98. The SMILES string of the molecule is CCCCCCOCCN1C(=O)c2ccccc2C1=O. The van der Waals surface area contributed by atoms with Crippen molar-refractivity contribution in [2.45, 2.75) is 32.6 Å². The van der Waals surface area contributed by atoms with Crippen molar-refractivity contribution < 1.29 is 14.3 Å². The molecule has 0 saturated carbocycles. The summed E-state index contributed by atoms with van der Waals surface area (Å²) in [7, 11) is 0. The molecule has 1 heterocycles. The fourth-order valence-corrected chi connectivity index (χ4v) is 2.33. The summed E-state index contributed by atoms with van der Waals surface area (Å²) in [4.78, 5) is 25.4. The van der Waals surface area contributed by atoms with Crippen LogP contribution in [0.1, 0.15) is 53.3 Å². The Labute approximate surface area is 119 Å². The third kappa shape index (κ3) is 3.25. The predicted octanol–water partition coefficient (Wildman–Crippen LogP) is 2.88. The normalized spacial score (nSPS) is 13.9. The molecule has 0 fully saturated rings. The van der Waals surface area contributed by atoms with Gasteiger partial charge in [0.1, 0.15) is 0 Å². The van der Waals surface area contributed by atoms with Crippen LogP contribution in [0.2, 0.25) is 0 Å². The van der Waals surface area contributed by atoms with E-state index in [4.69, 9.17) is 4.74 Å². The van der Waals surface area contributed by atoms with Crippen molar-refractivity contribution in [3.05, 3.63) is 35.4 Å². The van der Waals surface area contributed by atoms with E-state index in [1.807, 2.05) is 0 Å². The summed E-state index contributed by atoms with van der Waals surface area (Å²) in [6.45, 7) is 3.62. The standard InChI is InChI=1S/C16H21NO3/c1-2-3-4-7-11-20-12-10-17-15(18)13-8-5-6-9-14(13)16(17)19/h5-6,8-9H,2-4,7,10-12H2,1H3. The van der Waals surface area contributed by atoms with Gasteiger partial charge >= 0.3 is 0 Å². The molecule has 0 aliphatic carbocycles. The highest BCUT2D eigenvalue weighted by Gasteiger charge is 2.34. The second kappa shape index (κ2) is 7.20. The number of ether oxygens (including phenoxy) is 1. The summed E-state index contributed by atoms with van der Waals surface area (Å²) in [6, 6.07) is 6.94. The van der Waals surface area contributed by atoms with Gasteiger partial charge in [-0.25, -0.2) is 0 Å². The molecule has 4 nitrogen and oxygen atoms in total. The molecule has 0 aromatic heterocycles. The lowest BCUT2D eigenvalue weighted by Gasteiger charge is -2.13. The van der Waals surface area contributed by atoms with E-state index >= 15 is 0 Å². The molecule has 0 bridgehead atoms. The number of hydrogen-bond acceptors (Lipinski definition) is 3. The molecule has 2 rings (SSSR count). The van der Waals surface area contributed by atoms with Gasteiger partial charge in [-0.2, -0.15) is 0 Å². The molecule has 0 unspecified atom stereocenters. The molecule has 4 heteroatoms. The van der Waals surface area contributed by atoms with Crippen LogP contribution in [0.3, 0.4) is 0 Å². The molecule has 0 saturated heterocycles. The molecule has 0 spiro atoms. The Kier molecular flexibility index (Phi) is 5.30. The monoisotopic (exact) mass is 275 g/mol. The van der Waals surface area contributed by atoms with Crippen LogP contribution >= 0.6 is 0 Å². The summed E-state index contributed by atoms with van der Waals surface area (Å²) >= 11 is 0. The highest BCUT2D eigenvalue weighted by atomic mass is 16.5. The van der Waals surface area contributed by atoms with Gasteiger partial charge in [-0.3, -0.25) is 14.5 Å². The number of carbonyl (C=O) groups is 2. The Morgan fingerprint density at radius 2 is 1.60 bits per heavy atom. The number of rotatable bonds is 8. The van der Waals surface area contributed by atoms with Crippen LogP contribution in [-0.4, -0.2) is 36.5 Å². The van der Waals surface area contributed by atoms with Crippen molar-refractivity contribution in [2.75, 3.05) is 19.8 Å². The Morgan fingerprint density at radius 1 is 0.950 bits per heavy atom. The van der Waals surface area contributed by atoms with E-state index in [-0.39, 0.29) is 11.8 Å². The van der Waals surface area contributed by atoms with Gasteiger partial charge in [0.05, 0.1) is 24.3 Å². The highest BCUT2D eigenvalue weighted by Crippen LogP contribution is 2.21. The first-order valence-corrected chi connectivity index (χ1v) is 7.28. The van der Waals surface area contributed by atoms with Crippen molar-refractivity contribution in [1.82, 2.24) is 4.90 Å². The van der Waals surface area contributed by atoms with Crippen LogP contribution < -0.4 is 0 Å². The Balaban J connectivity index is 1.75. The first-order valence-electron chi connectivity index (χ1n) is 7.28. The van der Waals surface area contributed by atoms with Gasteiger partial charge in [0.15, 0.2) is 0 Å². The zero-order valence-corrected chi connectivity index (χ0v) is 11.9. The average Bonchev–Trinajstić information content (AvgIpc) is 2.71. The van der Waals surface area contributed by atoms with E-state index < -0.39 is 0 Å². The number of fused-ring (bicyclic) bond motifs is 1. The number of nitrogens with zero attached hydrogens (tertiary/aromatic N) is 1. The number of carbonyl (C=O) groups excluding carboxylic acids is 2. The maximum atomic E-state index is 12.1. The van der Waals surface area contributed by atoms with Crippen LogP contribution in [0.25, 0.3) is 0 Å². The molecule has 108 valence electrons. The number of imide groups is 1. The first kappa shape index (κ1) is 14.7. The summed E-state index contributed by atoms with van der Waals surface area (Å²) in [5.74, 6) is -0.416. The minimum absolute atomic E-state index is 0.208. The smallest absolute Gasteiger partial charge is 0.261 e. The summed E-state index contributed by atoms with van der Waals surface area (Å²) in [5, 5.41) is 0. The Morgan fingerprint density at radius 3 is 2.20 bits per heavy atom. The molecule has 0 atom stereocenters. The summed E-state index contributed by atoms with van der Waals surface area (Å²) < 4.78 is 5.49. The van der Waals surface area contributed by atoms with E-state index in [1.165, 1.54) is 24.2 Å². The van der Waals surface area contributed by atoms with Gasteiger partial charge in [-0.1, -0.05) is 38.3 Å². The lowest BCUT2D eigenvalue weighted by Crippen LogP contribution is -2.33. The van der Waals surface area contributed by atoms with Crippen LogP contribution in [0.5, 0.6) is 0 Å². The van der Waals surface area contributed by atoms with Crippen LogP contribution in [0, 0.1) is 0 Å². The van der Waals surface area contributed by atoms with Gasteiger partial charge < -0.3 is 4.74 Å². The predicted molar refractivity (Wildman–Crippen MR) is 76.8 cm³/mol. The van der Waals surface area contributed by atoms with Crippen LogP contribution in [0.4, 0.5) is 0 Å². The van der Waals surface area contributed by atoms with E-state index in [9.17, 15) is 9.59 Å². The van der Waals surface area contributed by atoms with Gasteiger partial charge in [0, 0.05) is 6.61 Å². The molecule has 20 heavy (non-hydrogen) atoms.